The Morgan fingerprint density at radius 3 is 2.51 bits per heavy atom. The van der Waals surface area contributed by atoms with Crippen molar-refractivity contribution < 1.29 is 23.8 Å². The van der Waals surface area contributed by atoms with Gasteiger partial charge in [-0.25, -0.2) is 4.98 Å². The van der Waals surface area contributed by atoms with E-state index in [1.807, 2.05) is 60.4 Å². The maximum Gasteiger partial charge on any atom is 0.310 e. The van der Waals surface area contributed by atoms with E-state index < -0.39 is 0 Å². The number of aromatic nitrogens is 2. The van der Waals surface area contributed by atoms with Gasteiger partial charge in [-0.15, -0.1) is 0 Å². The largest absolute Gasteiger partial charge is 0.497 e. The first-order chi connectivity index (χ1) is 20.0. The summed E-state index contributed by atoms with van der Waals surface area (Å²) in [6.07, 6.45) is 4.45. The van der Waals surface area contributed by atoms with Gasteiger partial charge in [0, 0.05) is 31.3 Å². The van der Waals surface area contributed by atoms with E-state index in [1.165, 1.54) is 0 Å². The number of methoxy groups -OCH3 is 1. The van der Waals surface area contributed by atoms with Crippen LogP contribution in [0.3, 0.4) is 0 Å². The topological polar surface area (TPSA) is 82.4 Å². The van der Waals surface area contributed by atoms with Gasteiger partial charge in [-0.1, -0.05) is 12.1 Å². The molecule has 8 nitrogen and oxygen atoms in total. The summed E-state index contributed by atoms with van der Waals surface area (Å²) in [6.45, 7) is 5.80. The molecular formula is C33H37N3O5. The van der Waals surface area contributed by atoms with Crippen molar-refractivity contribution in [3.8, 4) is 33.9 Å². The number of hydrogen-bond acceptors (Lipinski definition) is 6. The van der Waals surface area contributed by atoms with Gasteiger partial charge in [-0.3, -0.25) is 9.59 Å². The third-order valence-electron chi connectivity index (χ3n) is 7.53. The predicted octanol–water partition coefficient (Wildman–Crippen LogP) is 5.81. The highest BCUT2D eigenvalue weighted by molar-refractivity contribution is 5.79. The second-order valence-electron chi connectivity index (χ2n) is 10.2. The Bertz CT molecular complexity index is 1510. The molecule has 0 bridgehead atoms. The summed E-state index contributed by atoms with van der Waals surface area (Å²) in [6, 6.07) is 19.9. The van der Waals surface area contributed by atoms with Gasteiger partial charge in [0.2, 0.25) is 5.91 Å². The molecule has 214 valence electrons. The van der Waals surface area contributed by atoms with Gasteiger partial charge < -0.3 is 23.5 Å². The SMILES string of the molecule is CCOC(=O)[C@@H]1CCCN(C(=O)CCc2c(-c3ccc(OC)cc3)nc3ccc(-c4cccc(OCC)c4)cn23)C1. The standard InChI is InChI=1S/C33H37N3O5/c1-4-40-28-10-6-8-24(20-28)25-13-17-30-34-32(23-11-14-27(39-3)15-12-23)29(36(30)22-25)16-18-31(37)35-19-7-9-26(21-35)33(38)41-5-2/h6,8,10-15,17,20,22,26H,4-5,7,9,16,18-19,21H2,1-3H3/t26-/m1/s1. The number of likely N-dealkylation sites (tertiary alicyclic amines) is 1. The highest BCUT2D eigenvalue weighted by atomic mass is 16.5. The number of pyridine rings is 1. The number of ether oxygens (including phenoxy) is 3. The average molecular weight is 556 g/mol. The van der Waals surface area contributed by atoms with Gasteiger partial charge in [-0.05, 0) is 92.8 Å². The first-order valence-corrected chi connectivity index (χ1v) is 14.3. The molecule has 8 heteroatoms. The summed E-state index contributed by atoms with van der Waals surface area (Å²) in [4.78, 5) is 32.5. The molecule has 1 amide bonds. The molecular weight excluding hydrogens is 518 g/mol. The second kappa shape index (κ2) is 12.9. The number of nitrogens with zero attached hydrogens (tertiary/aromatic N) is 3. The molecule has 0 aliphatic carbocycles. The predicted molar refractivity (Wildman–Crippen MR) is 158 cm³/mol. The molecule has 0 spiro atoms. The molecule has 1 aliphatic rings. The fraction of sp³-hybridized carbons (Fsp3) is 0.364. The lowest BCUT2D eigenvalue weighted by Gasteiger charge is -2.31. The number of amides is 1. The third kappa shape index (κ3) is 6.37. The molecule has 4 aromatic rings. The van der Waals surface area contributed by atoms with E-state index in [9.17, 15) is 9.59 Å². The molecule has 1 aliphatic heterocycles. The fourth-order valence-corrected chi connectivity index (χ4v) is 5.45. The quantitative estimate of drug-likeness (QED) is 0.230. The highest BCUT2D eigenvalue weighted by Gasteiger charge is 2.29. The smallest absolute Gasteiger partial charge is 0.310 e. The lowest BCUT2D eigenvalue weighted by Crippen LogP contribution is -2.42. The number of fused-ring (bicyclic) bond motifs is 1. The molecule has 0 N–H and O–H groups in total. The first kappa shape index (κ1) is 28.2. The lowest BCUT2D eigenvalue weighted by atomic mass is 9.97. The fourth-order valence-electron chi connectivity index (χ4n) is 5.45. The van der Waals surface area contributed by atoms with E-state index in [0.717, 1.165) is 58.1 Å². The molecule has 1 saturated heterocycles. The van der Waals surface area contributed by atoms with E-state index in [1.54, 1.807) is 14.0 Å². The molecule has 3 heterocycles. The minimum absolute atomic E-state index is 0.0372. The Balaban J connectivity index is 1.46. The summed E-state index contributed by atoms with van der Waals surface area (Å²) in [5.41, 5.74) is 5.63. The molecule has 2 aromatic heterocycles. The Kier molecular flexibility index (Phi) is 8.87. The van der Waals surface area contributed by atoms with Crippen LogP contribution in [0.4, 0.5) is 0 Å². The van der Waals surface area contributed by atoms with Crippen LogP contribution in [0.25, 0.3) is 28.0 Å². The van der Waals surface area contributed by atoms with Crippen molar-refractivity contribution in [1.29, 1.82) is 0 Å². The number of rotatable bonds is 10. The van der Waals surface area contributed by atoms with Crippen LogP contribution in [-0.2, 0) is 20.7 Å². The molecule has 2 aromatic carbocycles. The van der Waals surface area contributed by atoms with Crippen LogP contribution < -0.4 is 9.47 Å². The maximum atomic E-state index is 13.4. The number of carbonyl (C=O) groups excluding carboxylic acids is 2. The molecule has 0 radical (unpaired) electrons. The summed E-state index contributed by atoms with van der Waals surface area (Å²) < 4.78 is 18.4. The lowest BCUT2D eigenvalue weighted by molar-refractivity contribution is -0.151. The van der Waals surface area contributed by atoms with Crippen LogP contribution in [0.5, 0.6) is 11.5 Å². The van der Waals surface area contributed by atoms with Gasteiger partial charge in [-0.2, -0.15) is 0 Å². The van der Waals surface area contributed by atoms with E-state index in [0.29, 0.717) is 39.1 Å². The van der Waals surface area contributed by atoms with Crippen LogP contribution in [0.15, 0.2) is 66.9 Å². The number of carbonyl (C=O) groups is 2. The average Bonchev–Trinajstić information content (AvgIpc) is 3.38. The van der Waals surface area contributed by atoms with Crippen molar-refractivity contribution >= 4 is 17.5 Å². The molecule has 5 rings (SSSR count). The molecule has 0 unspecified atom stereocenters. The second-order valence-corrected chi connectivity index (χ2v) is 10.2. The van der Waals surface area contributed by atoms with Crippen molar-refractivity contribution in [1.82, 2.24) is 14.3 Å². The highest BCUT2D eigenvalue weighted by Crippen LogP contribution is 2.31. The summed E-state index contributed by atoms with van der Waals surface area (Å²) in [5.74, 6) is 1.16. The van der Waals surface area contributed by atoms with Crippen LogP contribution in [0, 0.1) is 5.92 Å². The number of hydrogen-bond donors (Lipinski definition) is 0. The summed E-state index contributed by atoms with van der Waals surface area (Å²) in [7, 11) is 1.64. The van der Waals surface area contributed by atoms with Crippen molar-refractivity contribution in [2.24, 2.45) is 5.92 Å². The van der Waals surface area contributed by atoms with Gasteiger partial charge in [0.1, 0.15) is 17.1 Å². The number of imidazole rings is 1. The van der Waals surface area contributed by atoms with Gasteiger partial charge in [0.05, 0.1) is 37.6 Å². The maximum absolute atomic E-state index is 13.4. The van der Waals surface area contributed by atoms with Crippen LogP contribution >= 0.6 is 0 Å². The third-order valence-corrected chi connectivity index (χ3v) is 7.53. The first-order valence-electron chi connectivity index (χ1n) is 14.3. The Morgan fingerprint density at radius 1 is 0.951 bits per heavy atom. The van der Waals surface area contributed by atoms with Gasteiger partial charge in [0.25, 0.3) is 0 Å². The minimum atomic E-state index is -0.256. The monoisotopic (exact) mass is 555 g/mol. The zero-order valence-electron chi connectivity index (χ0n) is 24.0. The van der Waals surface area contributed by atoms with E-state index in [4.69, 9.17) is 19.2 Å². The van der Waals surface area contributed by atoms with Gasteiger partial charge in [0.15, 0.2) is 0 Å². The normalized spacial score (nSPS) is 15.1. The molecule has 0 saturated carbocycles. The minimum Gasteiger partial charge on any atom is -0.497 e. The van der Waals surface area contributed by atoms with Crippen molar-refractivity contribution in [2.75, 3.05) is 33.4 Å². The van der Waals surface area contributed by atoms with Crippen LogP contribution in [0.1, 0.15) is 38.8 Å². The molecule has 1 fully saturated rings. The van der Waals surface area contributed by atoms with E-state index >= 15 is 0 Å². The van der Waals surface area contributed by atoms with Crippen molar-refractivity contribution in [3.63, 3.8) is 0 Å². The number of piperidine rings is 1. The van der Waals surface area contributed by atoms with E-state index in [-0.39, 0.29) is 17.8 Å². The zero-order chi connectivity index (χ0) is 28.8. The van der Waals surface area contributed by atoms with Crippen molar-refractivity contribution in [2.45, 2.75) is 39.5 Å². The Hall–Kier alpha value is -4.33. The number of esters is 1. The summed E-state index contributed by atoms with van der Waals surface area (Å²) >= 11 is 0. The zero-order valence-corrected chi connectivity index (χ0v) is 24.0. The Labute approximate surface area is 240 Å². The van der Waals surface area contributed by atoms with Crippen LogP contribution in [0.2, 0.25) is 0 Å². The molecule has 41 heavy (non-hydrogen) atoms. The van der Waals surface area contributed by atoms with Crippen molar-refractivity contribution in [3.05, 3.63) is 72.6 Å². The number of aryl methyl sites for hydroxylation is 1. The van der Waals surface area contributed by atoms with E-state index in [2.05, 4.69) is 22.7 Å². The molecule has 1 atom stereocenters. The van der Waals surface area contributed by atoms with Gasteiger partial charge >= 0.3 is 5.97 Å². The number of benzene rings is 2. The Morgan fingerprint density at radius 2 is 1.76 bits per heavy atom. The summed E-state index contributed by atoms with van der Waals surface area (Å²) in [5, 5.41) is 0. The van der Waals surface area contributed by atoms with Crippen LogP contribution in [-0.4, -0.2) is 59.6 Å².